The van der Waals surface area contributed by atoms with Crippen LogP contribution in [0.1, 0.15) is 90.3 Å². The zero-order valence-corrected chi connectivity index (χ0v) is 34.9. The van der Waals surface area contributed by atoms with Crippen molar-refractivity contribution in [2.24, 2.45) is 11.8 Å². The highest BCUT2D eigenvalue weighted by molar-refractivity contribution is 5.92. The summed E-state index contributed by atoms with van der Waals surface area (Å²) in [6, 6.07) is 25.7. The fourth-order valence-corrected chi connectivity index (χ4v) is 7.05. The summed E-state index contributed by atoms with van der Waals surface area (Å²) in [5.74, 6) is -2.81. The molecule has 1 aliphatic heterocycles. The molecular weight excluding hydrogens is 751 g/mol. The van der Waals surface area contributed by atoms with Gasteiger partial charge in [-0.2, -0.15) is 0 Å². The van der Waals surface area contributed by atoms with Crippen molar-refractivity contribution in [3.63, 3.8) is 0 Å². The molecule has 4 rings (SSSR count). The fraction of sp³-hybridized carbons (Fsp3) is 0.435. The molecule has 5 N–H and O–H groups in total. The predicted molar refractivity (Wildman–Crippen MR) is 225 cm³/mol. The third-order valence-corrected chi connectivity index (χ3v) is 9.74. The first kappa shape index (κ1) is 45.7. The molecule has 13 heteroatoms. The number of amides is 5. The van der Waals surface area contributed by atoms with Gasteiger partial charge in [-0.1, -0.05) is 111 Å². The van der Waals surface area contributed by atoms with Crippen LogP contribution in [0.5, 0.6) is 0 Å². The number of rotatable bonds is 19. The van der Waals surface area contributed by atoms with E-state index in [1.54, 1.807) is 27.7 Å². The van der Waals surface area contributed by atoms with E-state index in [1.165, 1.54) is 12.2 Å². The van der Waals surface area contributed by atoms with Crippen molar-refractivity contribution in [1.29, 1.82) is 0 Å². The molecule has 3 aromatic carbocycles. The van der Waals surface area contributed by atoms with E-state index in [0.29, 0.717) is 13.0 Å². The lowest BCUT2D eigenvalue weighted by molar-refractivity contribution is -0.137. The van der Waals surface area contributed by atoms with Crippen molar-refractivity contribution in [2.75, 3.05) is 13.2 Å². The van der Waals surface area contributed by atoms with Crippen molar-refractivity contribution in [3.05, 3.63) is 120 Å². The summed E-state index contributed by atoms with van der Waals surface area (Å²) in [6.45, 7) is 11.2. The Labute approximate surface area is 347 Å². The summed E-state index contributed by atoms with van der Waals surface area (Å²) in [6.07, 6.45) is 2.53. The van der Waals surface area contributed by atoms with Gasteiger partial charge in [0.15, 0.2) is 0 Å². The van der Waals surface area contributed by atoms with Crippen molar-refractivity contribution in [2.45, 2.75) is 103 Å². The summed E-state index contributed by atoms with van der Waals surface area (Å²) in [7, 11) is 0. The Morgan fingerprint density at radius 3 is 1.81 bits per heavy atom. The van der Waals surface area contributed by atoms with Crippen LogP contribution in [0.2, 0.25) is 0 Å². The average molecular weight is 810 g/mol. The molecule has 0 aromatic heterocycles. The predicted octanol–water partition coefficient (Wildman–Crippen LogP) is 5.43. The van der Waals surface area contributed by atoms with Crippen LogP contribution in [-0.4, -0.2) is 72.6 Å². The minimum absolute atomic E-state index is 0.0506. The molecule has 0 spiro atoms. The van der Waals surface area contributed by atoms with Gasteiger partial charge in [-0.05, 0) is 76.0 Å². The Balaban J connectivity index is 1.60. The van der Waals surface area contributed by atoms with Gasteiger partial charge in [0.25, 0.3) is 0 Å². The van der Waals surface area contributed by atoms with E-state index in [2.05, 4.69) is 26.6 Å². The van der Waals surface area contributed by atoms with Crippen LogP contribution < -0.4 is 26.6 Å². The lowest BCUT2D eigenvalue weighted by Crippen LogP contribution is -2.56. The van der Waals surface area contributed by atoms with Crippen LogP contribution in [0.4, 0.5) is 4.79 Å². The Morgan fingerprint density at radius 1 is 0.797 bits per heavy atom. The quantitative estimate of drug-likeness (QED) is 0.0604. The number of alkyl carbamates (subject to hydrolysis) is 1. The zero-order valence-electron chi connectivity index (χ0n) is 34.9. The largest absolute Gasteiger partial charge is 0.463 e. The Bertz CT molecular complexity index is 1800. The van der Waals surface area contributed by atoms with E-state index in [-0.39, 0.29) is 50.0 Å². The van der Waals surface area contributed by atoms with Gasteiger partial charge in [0.2, 0.25) is 23.6 Å². The van der Waals surface area contributed by atoms with Crippen molar-refractivity contribution < 1.29 is 38.2 Å². The van der Waals surface area contributed by atoms with Crippen LogP contribution >= 0.6 is 0 Å². The maximum atomic E-state index is 14.2. The molecule has 3 aromatic rings. The minimum atomic E-state index is -1.28. The van der Waals surface area contributed by atoms with Crippen molar-refractivity contribution in [1.82, 2.24) is 26.6 Å². The minimum Gasteiger partial charge on any atom is -0.463 e. The SMILES string of the molecule is CCOC(=O)/C=C/[C@H](C[C@@H]1CCNC1=O)NC(=O)[C@H](CC(C)C)NC(=O)[C@H](CCC(=O)NC(c1ccccc1)(c1ccccc1)c1ccccc1)NC(=O)OC(C)(C)C. The zero-order chi connectivity index (χ0) is 43.0. The molecule has 0 unspecified atom stereocenters. The molecule has 0 bridgehead atoms. The van der Waals surface area contributed by atoms with Crippen LogP contribution in [0.25, 0.3) is 0 Å². The molecule has 0 saturated carbocycles. The van der Waals surface area contributed by atoms with Crippen molar-refractivity contribution >= 4 is 35.7 Å². The topological polar surface area (TPSA) is 181 Å². The normalized spacial score (nSPS) is 15.7. The van der Waals surface area contributed by atoms with Gasteiger partial charge in [-0.3, -0.25) is 19.2 Å². The molecule has 0 aliphatic carbocycles. The van der Waals surface area contributed by atoms with Gasteiger partial charge in [0.1, 0.15) is 23.2 Å². The van der Waals surface area contributed by atoms with Crippen molar-refractivity contribution in [3.8, 4) is 0 Å². The Kier molecular flexibility index (Phi) is 16.8. The molecule has 1 fully saturated rings. The summed E-state index contributed by atoms with van der Waals surface area (Å²) in [4.78, 5) is 80.1. The second kappa shape index (κ2) is 21.7. The first-order valence-corrected chi connectivity index (χ1v) is 20.3. The summed E-state index contributed by atoms with van der Waals surface area (Å²) >= 11 is 0. The Hall–Kier alpha value is -5.98. The molecule has 1 heterocycles. The van der Waals surface area contributed by atoms with Crippen LogP contribution in [0.3, 0.4) is 0 Å². The smallest absolute Gasteiger partial charge is 0.408 e. The second-order valence-electron chi connectivity index (χ2n) is 16.1. The molecule has 0 radical (unpaired) electrons. The number of benzene rings is 3. The lowest BCUT2D eigenvalue weighted by Gasteiger charge is -2.37. The maximum Gasteiger partial charge on any atom is 0.408 e. The average Bonchev–Trinajstić information content (AvgIpc) is 3.60. The van der Waals surface area contributed by atoms with Gasteiger partial charge in [0, 0.05) is 31.0 Å². The highest BCUT2D eigenvalue weighted by Gasteiger charge is 2.38. The number of carbonyl (C=O) groups excluding carboxylic acids is 6. The van der Waals surface area contributed by atoms with E-state index < -0.39 is 59.0 Å². The summed E-state index contributed by atoms with van der Waals surface area (Å²) in [5, 5.41) is 14.4. The first-order valence-electron chi connectivity index (χ1n) is 20.3. The fourth-order valence-electron chi connectivity index (χ4n) is 7.05. The highest BCUT2D eigenvalue weighted by atomic mass is 16.6. The maximum absolute atomic E-state index is 14.2. The number of hydrogen-bond donors (Lipinski definition) is 5. The number of nitrogens with one attached hydrogen (secondary N) is 5. The molecule has 1 aliphatic rings. The van der Waals surface area contributed by atoms with E-state index in [4.69, 9.17) is 9.47 Å². The lowest BCUT2D eigenvalue weighted by atomic mass is 9.77. The third kappa shape index (κ3) is 13.8. The molecule has 59 heavy (non-hydrogen) atoms. The van der Waals surface area contributed by atoms with Crippen LogP contribution in [0.15, 0.2) is 103 Å². The monoisotopic (exact) mass is 809 g/mol. The van der Waals surface area contributed by atoms with Gasteiger partial charge >= 0.3 is 12.1 Å². The third-order valence-electron chi connectivity index (χ3n) is 9.74. The van der Waals surface area contributed by atoms with E-state index >= 15 is 0 Å². The Morgan fingerprint density at radius 2 is 1.34 bits per heavy atom. The van der Waals surface area contributed by atoms with E-state index in [0.717, 1.165) is 16.7 Å². The molecule has 5 amide bonds. The van der Waals surface area contributed by atoms with Gasteiger partial charge in [-0.25, -0.2) is 9.59 Å². The number of hydrogen-bond acceptors (Lipinski definition) is 8. The van der Waals surface area contributed by atoms with Crippen LogP contribution in [-0.2, 0) is 39.0 Å². The standard InChI is InChI=1S/C46H59N5O8/c1-7-58-40(53)26-23-36(30-32-27-28-47-41(32)54)48-43(56)38(29-31(2)3)49-42(55)37(50-44(57)59-45(4,5)6)24-25-39(52)51-46(33-17-11-8-12-18-33,34-19-13-9-14-20-34)35-21-15-10-16-22-35/h8-23,26,31-32,36-38H,7,24-25,27-30H2,1-6H3,(H,47,54)(H,48,56)(H,49,55)(H,50,57)(H,51,52)/b26-23+/t32-,36+,37-,38-/m0/s1. The molecule has 13 nitrogen and oxygen atoms in total. The first-order chi connectivity index (χ1) is 28.1. The summed E-state index contributed by atoms with van der Waals surface area (Å²) in [5.41, 5.74) is 0.468. The molecular formula is C46H59N5O8. The summed E-state index contributed by atoms with van der Waals surface area (Å²) < 4.78 is 10.5. The van der Waals surface area contributed by atoms with E-state index in [9.17, 15) is 28.8 Å². The van der Waals surface area contributed by atoms with E-state index in [1.807, 2.05) is 105 Å². The number of esters is 1. The second-order valence-corrected chi connectivity index (χ2v) is 16.1. The van der Waals surface area contributed by atoms with Gasteiger partial charge in [-0.15, -0.1) is 0 Å². The van der Waals surface area contributed by atoms with Crippen LogP contribution in [0, 0.1) is 11.8 Å². The molecule has 4 atom stereocenters. The molecule has 316 valence electrons. The number of ether oxygens (including phenoxy) is 2. The number of carbonyl (C=O) groups is 6. The highest BCUT2D eigenvalue weighted by Crippen LogP contribution is 2.37. The van der Waals surface area contributed by atoms with Gasteiger partial charge < -0.3 is 36.1 Å². The van der Waals surface area contributed by atoms with Gasteiger partial charge in [0.05, 0.1) is 6.61 Å². The molecule has 1 saturated heterocycles.